The van der Waals surface area contributed by atoms with Crippen LogP contribution in [-0.4, -0.2) is 52.0 Å². The minimum absolute atomic E-state index is 0.0578. The SMILES string of the molecule is CCOc1ccccc1NC(=O)N(CC(=O)N1CCn2cccc2[C@H]1c1cccc(Oc2ccccc2)c1)C(C)C. The number of nitrogens with one attached hydrogen (secondary N) is 1. The molecule has 41 heavy (non-hydrogen) atoms. The van der Waals surface area contributed by atoms with Gasteiger partial charge in [-0.15, -0.1) is 0 Å². The summed E-state index contributed by atoms with van der Waals surface area (Å²) in [5.41, 5.74) is 2.53. The van der Waals surface area contributed by atoms with Crippen LogP contribution in [0, 0.1) is 0 Å². The summed E-state index contributed by atoms with van der Waals surface area (Å²) in [4.78, 5) is 30.8. The van der Waals surface area contributed by atoms with Crippen LogP contribution in [0.2, 0.25) is 0 Å². The number of para-hydroxylation sites is 3. The number of anilines is 1. The van der Waals surface area contributed by atoms with Gasteiger partial charge in [0.1, 0.15) is 23.8 Å². The van der Waals surface area contributed by atoms with E-state index in [2.05, 4.69) is 9.88 Å². The van der Waals surface area contributed by atoms with Gasteiger partial charge in [0.25, 0.3) is 0 Å². The minimum Gasteiger partial charge on any atom is -0.492 e. The summed E-state index contributed by atoms with van der Waals surface area (Å²) in [6, 6.07) is 28.0. The predicted molar refractivity (Wildman–Crippen MR) is 159 cm³/mol. The second-order valence-corrected chi connectivity index (χ2v) is 10.2. The van der Waals surface area contributed by atoms with Crippen LogP contribution in [0.25, 0.3) is 0 Å². The molecule has 8 heteroatoms. The molecule has 4 aromatic rings. The topological polar surface area (TPSA) is 76.0 Å². The van der Waals surface area contributed by atoms with Crippen LogP contribution in [0.5, 0.6) is 17.2 Å². The molecule has 1 aliphatic rings. The maximum absolute atomic E-state index is 14.0. The molecule has 5 rings (SSSR count). The number of hydrogen-bond acceptors (Lipinski definition) is 4. The lowest BCUT2D eigenvalue weighted by Crippen LogP contribution is -2.50. The Hall–Kier alpha value is -4.72. The molecule has 212 valence electrons. The number of hydrogen-bond donors (Lipinski definition) is 1. The van der Waals surface area contributed by atoms with E-state index in [1.165, 1.54) is 0 Å². The number of benzene rings is 3. The number of ether oxygens (including phenoxy) is 2. The Morgan fingerprint density at radius 2 is 1.68 bits per heavy atom. The standard InChI is InChI=1S/C33H36N4O4/c1-4-40-30-18-9-8-16-28(30)34-33(39)37(24(2)3)23-31(38)36-21-20-35-19-11-17-29(35)32(36)25-12-10-15-27(22-25)41-26-13-6-5-7-14-26/h5-19,22,24,32H,4,20-21,23H2,1-3H3,(H,34,39)/t32-/m1/s1. The summed E-state index contributed by atoms with van der Waals surface area (Å²) in [5, 5.41) is 2.94. The van der Waals surface area contributed by atoms with Gasteiger partial charge >= 0.3 is 6.03 Å². The normalized spacial score (nSPS) is 14.3. The van der Waals surface area contributed by atoms with Gasteiger partial charge in [-0.25, -0.2) is 4.79 Å². The number of carbonyl (C=O) groups is 2. The van der Waals surface area contributed by atoms with Crippen LogP contribution in [-0.2, 0) is 11.3 Å². The molecule has 0 fully saturated rings. The molecule has 0 unspecified atom stereocenters. The fourth-order valence-corrected chi connectivity index (χ4v) is 5.14. The van der Waals surface area contributed by atoms with Gasteiger partial charge in [0.15, 0.2) is 0 Å². The number of aromatic nitrogens is 1. The summed E-state index contributed by atoms with van der Waals surface area (Å²) in [6.45, 7) is 7.34. The molecule has 0 saturated heterocycles. The van der Waals surface area contributed by atoms with Crippen LogP contribution in [0.4, 0.5) is 10.5 Å². The quantitative estimate of drug-likeness (QED) is 0.255. The molecule has 1 aliphatic heterocycles. The first-order valence-corrected chi connectivity index (χ1v) is 14.0. The Kier molecular flexibility index (Phi) is 8.58. The molecule has 0 radical (unpaired) electrons. The molecule has 1 aromatic heterocycles. The summed E-state index contributed by atoms with van der Waals surface area (Å²) in [6.07, 6.45) is 2.04. The van der Waals surface area contributed by atoms with Crippen molar-refractivity contribution < 1.29 is 19.1 Å². The molecular weight excluding hydrogens is 516 g/mol. The van der Waals surface area contributed by atoms with Crippen LogP contribution in [0.1, 0.15) is 38.1 Å². The summed E-state index contributed by atoms with van der Waals surface area (Å²) in [7, 11) is 0. The van der Waals surface area contributed by atoms with Gasteiger partial charge in [0.05, 0.1) is 18.3 Å². The van der Waals surface area contributed by atoms with E-state index in [9.17, 15) is 9.59 Å². The lowest BCUT2D eigenvalue weighted by atomic mass is 9.99. The van der Waals surface area contributed by atoms with Gasteiger partial charge in [0, 0.05) is 31.0 Å². The van der Waals surface area contributed by atoms with E-state index in [-0.39, 0.29) is 30.6 Å². The Morgan fingerprint density at radius 3 is 2.46 bits per heavy atom. The number of rotatable bonds is 9. The van der Waals surface area contributed by atoms with Gasteiger partial charge in [0.2, 0.25) is 5.91 Å². The van der Waals surface area contributed by atoms with E-state index in [1.54, 1.807) is 11.0 Å². The number of urea groups is 1. The zero-order valence-electron chi connectivity index (χ0n) is 23.7. The maximum Gasteiger partial charge on any atom is 0.322 e. The maximum atomic E-state index is 14.0. The van der Waals surface area contributed by atoms with Gasteiger partial charge in [-0.05, 0) is 74.9 Å². The fourth-order valence-electron chi connectivity index (χ4n) is 5.14. The van der Waals surface area contributed by atoms with Crippen LogP contribution in [0.3, 0.4) is 0 Å². The zero-order chi connectivity index (χ0) is 28.8. The average molecular weight is 553 g/mol. The first kappa shape index (κ1) is 27.8. The highest BCUT2D eigenvalue weighted by Crippen LogP contribution is 2.35. The third kappa shape index (κ3) is 6.38. The highest BCUT2D eigenvalue weighted by atomic mass is 16.5. The van der Waals surface area contributed by atoms with Crippen LogP contribution < -0.4 is 14.8 Å². The molecule has 3 aromatic carbocycles. The van der Waals surface area contributed by atoms with Crippen molar-refractivity contribution >= 4 is 17.6 Å². The number of nitrogens with zero attached hydrogens (tertiary/aromatic N) is 3. The lowest BCUT2D eigenvalue weighted by Gasteiger charge is -2.39. The Balaban J connectivity index is 1.39. The van der Waals surface area contributed by atoms with E-state index >= 15 is 0 Å². The molecule has 8 nitrogen and oxygen atoms in total. The largest absolute Gasteiger partial charge is 0.492 e. The average Bonchev–Trinajstić information content (AvgIpc) is 3.46. The third-order valence-electron chi connectivity index (χ3n) is 7.13. The highest BCUT2D eigenvalue weighted by molar-refractivity contribution is 5.94. The smallest absolute Gasteiger partial charge is 0.322 e. The van der Waals surface area contributed by atoms with Crippen molar-refractivity contribution in [3.8, 4) is 17.2 Å². The predicted octanol–water partition coefficient (Wildman–Crippen LogP) is 6.55. The Morgan fingerprint density at radius 1 is 0.927 bits per heavy atom. The Bertz CT molecular complexity index is 1480. The first-order chi connectivity index (χ1) is 19.9. The van der Waals surface area contributed by atoms with Gasteiger partial charge in [-0.3, -0.25) is 4.79 Å². The molecule has 0 saturated carbocycles. The van der Waals surface area contributed by atoms with E-state index in [4.69, 9.17) is 9.47 Å². The molecule has 1 atom stereocenters. The zero-order valence-corrected chi connectivity index (χ0v) is 23.7. The van der Waals surface area contributed by atoms with Crippen molar-refractivity contribution in [3.63, 3.8) is 0 Å². The number of amides is 3. The molecule has 0 spiro atoms. The van der Waals surface area contributed by atoms with Gasteiger partial charge in [-0.1, -0.05) is 42.5 Å². The van der Waals surface area contributed by atoms with Crippen molar-refractivity contribution in [1.82, 2.24) is 14.4 Å². The van der Waals surface area contributed by atoms with E-state index in [0.29, 0.717) is 36.9 Å². The minimum atomic E-state index is -0.351. The fraction of sp³-hybridized carbons (Fsp3) is 0.273. The monoisotopic (exact) mass is 552 g/mol. The van der Waals surface area contributed by atoms with Crippen molar-refractivity contribution in [2.75, 3.05) is 25.0 Å². The first-order valence-electron chi connectivity index (χ1n) is 14.0. The summed E-state index contributed by atoms with van der Waals surface area (Å²) >= 11 is 0. The molecule has 2 heterocycles. The molecule has 3 amide bonds. The number of fused-ring (bicyclic) bond motifs is 1. The third-order valence-corrected chi connectivity index (χ3v) is 7.13. The Labute approximate surface area is 241 Å². The van der Waals surface area contributed by atoms with Crippen molar-refractivity contribution in [3.05, 3.63) is 108 Å². The summed E-state index contributed by atoms with van der Waals surface area (Å²) in [5.74, 6) is 1.90. The molecule has 0 aliphatic carbocycles. The summed E-state index contributed by atoms with van der Waals surface area (Å²) < 4.78 is 14.0. The molecule has 1 N–H and O–H groups in total. The number of carbonyl (C=O) groups excluding carboxylic acids is 2. The van der Waals surface area contributed by atoms with E-state index < -0.39 is 0 Å². The van der Waals surface area contributed by atoms with Crippen molar-refractivity contribution in [2.45, 2.75) is 39.4 Å². The lowest BCUT2D eigenvalue weighted by molar-refractivity contribution is -0.134. The molecule has 0 bridgehead atoms. The van der Waals surface area contributed by atoms with Crippen molar-refractivity contribution in [2.24, 2.45) is 0 Å². The highest BCUT2D eigenvalue weighted by Gasteiger charge is 2.34. The second kappa shape index (κ2) is 12.6. The second-order valence-electron chi connectivity index (χ2n) is 10.2. The van der Waals surface area contributed by atoms with E-state index in [1.807, 2.05) is 117 Å². The van der Waals surface area contributed by atoms with Gasteiger partial charge < -0.3 is 29.2 Å². The van der Waals surface area contributed by atoms with Gasteiger partial charge in [-0.2, -0.15) is 0 Å². The van der Waals surface area contributed by atoms with Crippen LogP contribution >= 0.6 is 0 Å². The van der Waals surface area contributed by atoms with Crippen LogP contribution in [0.15, 0.2) is 97.2 Å². The van der Waals surface area contributed by atoms with Crippen molar-refractivity contribution in [1.29, 1.82) is 0 Å². The molecular formula is C33H36N4O4. The van der Waals surface area contributed by atoms with E-state index in [0.717, 1.165) is 17.0 Å².